The molecule has 0 N–H and O–H groups in total. The van der Waals surface area contributed by atoms with E-state index in [-0.39, 0.29) is 18.9 Å². The van der Waals surface area contributed by atoms with Crippen LogP contribution in [0.25, 0.3) is 0 Å². The van der Waals surface area contributed by atoms with Crippen LogP contribution in [0.2, 0.25) is 0 Å². The molecule has 0 fully saturated rings. The molecule has 42 valence electrons. The predicted octanol–water partition coefficient (Wildman–Crippen LogP) is -0.899. The number of hydrogen-bond donors (Lipinski definition) is 0. The zero-order valence-electron chi connectivity index (χ0n) is 5.80. The number of hydrogen-bond acceptors (Lipinski definition) is 0. The standard InChI is InChI=1S/C8H9.Li/c1-2-7-4-5-8(3-1)6-7;/h1-2,4-5,8H,3,6H2;/q-1;+1. The first-order valence-electron chi connectivity index (χ1n) is 3.16. The van der Waals surface area contributed by atoms with E-state index in [2.05, 4.69) is 24.3 Å². The van der Waals surface area contributed by atoms with E-state index >= 15 is 0 Å². The van der Waals surface area contributed by atoms with Crippen LogP contribution < -0.4 is 18.9 Å². The molecule has 2 rings (SSSR count). The largest absolute Gasteiger partial charge is 1.00 e. The second kappa shape index (κ2) is 2.69. The molecule has 0 saturated carbocycles. The fraction of sp³-hybridized carbons (Fsp3) is 0.375. The Hall–Kier alpha value is -0.0526. The molecule has 1 heteroatoms. The van der Waals surface area contributed by atoms with Crippen LogP contribution in [0.4, 0.5) is 0 Å². The van der Waals surface area contributed by atoms with Crippen LogP contribution in [-0.2, 0) is 0 Å². The summed E-state index contributed by atoms with van der Waals surface area (Å²) in [5.41, 5.74) is 0. The molecule has 2 aliphatic rings. The van der Waals surface area contributed by atoms with Crippen LogP contribution in [0.1, 0.15) is 12.8 Å². The van der Waals surface area contributed by atoms with Gasteiger partial charge in [0.1, 0.15) is 0 Å². The first-order valence-corrected chi connectivity index (χ1v) is 3.16. The molecular weight excluding hydrogens is 103 g/mol. The quantitative estimate of drug-likeness (QED) is 0.281. The van der Waals surface area contributed by atoms with Crippen molar-refractivity contribution in [1.29, 1.82) is 0 Å². The van der Waals surface area contributed by atoms with Gasteiger partial charge in [-0.15, -0.1) is 0 Å². The molecule has 0 aliphatic heterocycles. The van der Waals surface area contributed by atoms with Crippen LogP contribution in [0.15, 0.2) is 24.3 Å². The van der Waals surface area contributed by atoms with Gasteiger partial charge in [-0.05, 0) is 0 Å². The number of rotatable bonds is 0. The third kappa shape index (κ3) is 1.26. The Labute approximate surface area is 68.2 Å². The van der Waals surface area contributed by atoms with Crippen LogP contribution >= 0.6 is 0 Å². The Balaban J connectivity index is 0.000000405. The van der Waals surface area contributed by atoms with Crippen LogP contribution in [-0.4, -0.2) is 0 Å². The zero-order chi connectivity index (χ0) is 5.40. The molecule has 0 saturated heterocycles. The van der Waals surface area contributed by atoms with Crippen molar-refractivity contribution in [2.45, 2.75) is 12.8 Å². The third-order valence-electron chi connectivity index (χ3n) is 1.85. The summed E-state index contributed by atoms with van der Waals surface area (Å²) < 4.78 is 0. The van der Waals surface area contributed by atoms with Crippen molar-refractivity contribution in [2.75, 3.05) is 0 Å². The topological polar surface area (TPSA) is 0 Å². The van der Waals surface area contributed by atoms with E-state index in [1.165, 1.54) is 18.8 Å². The predicted molar refractivity (Wildman–Crippen MR) is 34.2 cm³/mol. The number of allylic oxidation sites excluding steroid dienone is 4. The summed E-state index contributed by atoms with van der Waals surface area (Å²) in [6.45, 7) is 0. The van der Waals surface area contributed by atoms with E-state index in [1.54, 1.807) is 0 Å². The summed E-state index contributed by atoms with van der Waals surface area (Å²) >= 11 is 0. The molecule has 1 unspecified atom stereocenters. The van der Waals surface area contributed by atoms with Gasteiger partial charge in [-0.1, -0.05) is 18.8 Å². The minimum absolute atomic E-state index is 0. The molecule has 0 aromatic carbocycles. The molecule has 1 atom stereocenters. The van der Waals surface area contributed by atoms with Gasteiger partial charge in [-0.3, -0.25) is 0 Å². The smallest absolute Gasteiger partial charge is 0.179 e. The van der Waals surface area contributed by atoms with Gasteiger partial charge in [0, 0.05) is 0 Å². The monoisotopic (exact) mass is 112 g/mol. The summed E-state index contributed by atoms with van der Waals surface area (Å²) in [4.78, 5) is 0. The Morgan fingerprint density at radius 2 is 2.22 bits per heavy atom. The normalized spacial score (nSPS) is 28.4. The SMILES string of the molecule is C1=C[C-]2C=CC(C1)C2.[Li+]. The summed E-state index contributed by atoms with van der Waals surface area (Å²) in [5, 5.41) is 0. The molecule has 2 bridgehead atoms. The van der Waals surface area contributed by atoms with Crippen LogP contribution in [0.3, 0.4) is 0 Å². The zero-order valence-corrected chi connectivity index (χ0v) is 5.80. The maximum Gasteiger partial charge on any atom is 1.00 e. The van der Waals surface area contributed by atoms with E-state index in [4.69, 9.17) is 0 Å². The van der Waals surface area contributed by atoms with E-state index in [1.807, 2.05) is 0 Å². The van der Waals surface area contributed by atoms with Crippen molar-refractivity contribution in [3.8, 4) is 0 Å². The Morgan fingerprint density at radius 3 is 2.89 bits per heavy atom. The Kier molecular flexibility index (Phi) is 2.11. The fourth-order valence-corrected chi connectivity index (χ4v) is 1.38. The first kappa shape index (κ1) is 7.06. The average molecular weight is 112 g/mol. The molecule has 0 spiro atoms. The van der Waals surface area contributed by atoms with Crippen molar-refractivity contribution < 1.29 is 18.9 Å². The van der Waals surface area contributed by atoms with Crippen molar-refractivity contribution in [3.63, 3.8) is 0 Å². The number of fused-ring (bicyclic) bond motifs is 2. The summed E-state index contributed by atoms with van der Waals surface area (Å²) in [7, 11) is 0. The summed E-state index contributed by atoms with van der Waals surface area (Å²) in [5.74, 6) is 2.37. The summed E-state index contributed by atoms with van der Waals surface area (Å²) in [6.07, 6.45) is 11.6. The fourth-order valence-electron chi connectivity index (χ4n) is 1.38. The van der Waals surface area contributed by atoms with E-state index in [0.29, 0.717) is 0 Å². The van der Waals surface area contributed by atoms with E-state index in [0.717, 1.165) is 5.92 Å². The van der Waals surface area contributed by atoms with Crippen molar-refractivity contribution >= 4 is 0 Å². The Bertz CT molecular complexity index is 145. The summed E-state index contributed by atoms with van der Waals surface area (Å²) in [6, 6.07) is 0. The first-order chi connectivity index (χ1) is 3.95. The van der Waals surface area contributed by atoms with Crippen molar-refractivity contribution in [2.24, 2.45) is 5.92 Å². The molecule has 0 heterocycles. The second-order valence-corrected chi connectivity index (χ2v) is 2.54. The third-order valence-corrected chi connectivity index (χ3v) is 1.85. The molecule has 0 radical (unpaired) electrons. The van der Waals surface area contributed by atoms with Gasteiger partial charge in [0.25, 0.3) is 0 Å². The van der Waals surface area contributed by atoms with E-state index < -0.39 is 0 Å². The van der Waals surface area contributed by atoms with Gasteiger partial charge in [-0.25, -0.2) is 0 Å². The average Bonchev–Trinajstić information content (AvgIpc) is 2.12. The maximum absolute atomic E-state index is 2.31. The minimum Gasteiger partial charge on any atom is -0.179 e. The van der Waals surface area contributed by atoms with Gasteiger partial charge in [-0.2, -0.15) is 30.2 Å². The molecule has 0 aromatic heterocycles. The molecule has 9 heavy (non-hydrogen) atoms. The van der Waals surface area contributed by atoms with Crippen molar-refractivity contribution in [3.05, 3.63) is 30.2 Å². The Morgan fingerprint density at radius 1 is 1.33 bits per heavy atom. The van der Waals surface area contributed by atoms with Gasteiger partial charge in [0.2, 0.25) is 0 Å². The maximum atomic E-state index is 2.31. The van der Waals surface area contributed by atoms with Crippen LogP contribution in [0, 0.1) is 11.8 Å². The molecule has 0 amide bonds. The van der Waals surface area contributed by atoms with Crippen LogP contribution in [0.5, 0.6) is 0 Å². The molecule has 0 aromatic rings. The second-order valence-electron chi connectivity index (χ2n) is 2.54. The van der Waals surface area contributed by atoms with E-state index in [9.17, 15) is 0 Å². The molecular formula is C8H9Li. The molecule has 2 aliphatic carbocycles. The van der Waals surface area contributed by atoms with Gasteiger partial charge < -0.3 is 0 Å². The van der Waals surface area contributed by atoms with Gasteiger partial charge in [0.15, 0.2) is 0 Å². The van der Waals surface area contributed by atoms with Gasteiger partial charge >= 0.3 is 18.9 Å². The minimum atomic E-state index is 0. The van der Waals surface area contributed by atoms with Gasteiger partial charge in [0.05, 0.1) is 0 Å². The van der Waals surface area contributed by atoms with Crippen molar-refractivity contribution in [1.82, 2.24) is 0 Å². The molecule has 0 nitrogen and oxygen atoms in total.